The van der Waals surface area contributed by atoms with Crippen molar-refractivity contribution < 1.29 is 15.0 Å². The van der Waals surface area contributed by atoms with Crippen LogP contribution in [0, 0.1) is 0 Å². The Labute approximate surface area is 109 Å². The standard InChI is InChI=1S/C13H15N3O3/c17-8-9-4-3-7-15(9)12-11(13(18)19)16-6-2-1-5-10(16)14-12/h1-2,5-6,9,17H,3-4,7-8H2,(H,18,19). The Hall–Kier alpha value is -2.08. The van der Waals surface area contributed by atoms with Gasteiger partial charge in [-0.05, 0) is 25.0 Å². The van der Waals surface area contributed by atoms with Crippen molar-refractivity contribution in [1.82, 2.24) is 9.38 Å². The first-order chi connectivity index (χ1) is 9.22. The van der Waals surface area contributed by atoms with Gasteiger partial charge in [0.25, 0.3) is 0 Å². The summed E-state index contributed by atoms with van der Waals surface area (Å²) in [5.41, 5.74) is 0.773. The number of rotatable bonds is 3. The molecular formula is C13H15N3O3. The predicted octanol–water partition coefficient (Wildman–Crippen LogP) is 0.994. The fraction of sp³-hybridized carbons (Fsp3) is 0.385. The monoisotopic (exact) mass is 261 g/mol. The van der Waals surface area contributed by atoms with Gasteiger partial charge in [0, 0.05) is 12.7 Å². The van der Waals surface area contributed by atoms with Crippen LogP contribution in [0.2, 0.25) is 0 Å². The lowest BCUT2D eigenvalue weighted by Crippen LogP contribution is -2.33. The van der Waals surface area contributed by atoms with Crippen molar-refractivity contribution in [3.63, 3.8) is 0 Å². The van der Waals surface area contributed by atoms with Crippen LogP contribution in [0.25, 0.3) is 5.65 Å². The zero-order chi connectivity index (χ0) is 13.4. The average Bonchev–Trinajstić information content (AvgIpc) is 3.01. The summed E-state index contributed by atoms with van der Waals surface area (Å²) in [5, 5.41) is 18.8. The van der Waals surface area contributed by atoms with E-state index >= 15 is 0 Å². The molecule has 1 fully saturated rings. The summed E-state index contributed by atoms with van der Waals surface area (Å²) in [6.45, 7) is 0.752. The number of pyridine rings is 1. The highest BCUT2D eigenvalue weighted by molar-refractivity contribution is 5.93. The Morgan fingerprint density at radius 2 is 2.32 bits per heavy atom. The number of carboxylic acids is 1. The molecule has 2 aromatic rings. The van der Waals surface area contributed by atoms with E-state index in [0.29, 0.717) is 11.5 Å². The van der Waals surface area contributed by atoms with Crippen molar-refractivity contribution in [3.05, 3.63) is 30.1 Å². The van der Waals surface area contributed by atoms with Crippen molar-refractivity contribution in [3.8, 4) is 0 Å². The maximum Gasteiger partial charge on any atom is 0.356 e. The lowest BCUT2D eigenvalue weighted by Gasteiger charge is -2.23. The maximum atomic E-state index is 11.5. The van der Waals surface area contributed by atoms with E-state index in [1.54, 1.807) is 22.7 Å². The van der Waals surface area contributed by atoms with Gasteiger partial charge >= 0.3 is 5.97 Å². The molecule has 100 valence electrons. The lowest BCUT2D eigenvalue weighted by atomic mass is 10.2. The number of imidazole rings is 1. The summed E-state index contributed by atoms with van der Waals surface area (Å²) in [5.74, 6) is -0.549. The van der Waals surface area contributed by atoms with E-state index in [1.807, 2.05) is 11.0 Å². The molecule has 0 amide bonds. The van der Waals surface area contributed by atoms with Crippen LogP contribution < -0.4 is 4.90 Å². The molecule has 2 aromatic heterocycles. The molecule has 0 bridgehead atoms. The highest BCUT2D eigenvalue weighted by atomic mass is 16.4. The van der Waals surface area contributed by atoms with E-state index < -0.39 is 5.97 Å². The van der Waals surface area contributed by atoms with Gasteiger partial charge < -0.3 is 15.1 Å². The lowest BCUT2D eigenvalue weighted by molar-refractivity contribution is 0.0690. The summed E-state index contributed by atoms with van der Waals surface area (Å²) < 4.78 is 1.57. The van der Waals surface area contributed by atoms with Crippen LogP contribution in [-0.2, 0) is 0 Å². The number of hydrogen-bond acceptors (Lipinski definition) is 4. The number of hydrogen-bond donors (Lipinski definition) is 2. The summed E-state index contributed by atoms with van der Waals surface area (Å²) in [6.07, 6.45) is 3.50. The molecule has 1 aliphatic heterocycles. The molecule has 3 heterocycles. The molecule has 0 aliphatic carbocycles. The van der Waals surface area contributed by atoms with E-state index in [2.05, 4.69) is 4.98 Å². The molecule has 3 rings (SSSR count). The van der Waals surface area contributed by atoms with Gasteiger partial charge in [0.05, 0.1) is 12.6 Å². The highest BCUT2D eigenvalue weighted by Crippen LogP contribution is 2.28. The van der Waals surface area contributed by atoms with Gasteiger partial charge in [0.1, 0.15) is 5.65 Å². The third-order valence-corrected chi connectivity index (χ3v) is 3.57. The van der Waals surface area contributed by atoms with Gasteiger partial charge in [-0.15, -0.1) is 0 Å². The van der Waals surface area contributed by atoms with Crippen LogP contribution in [0.5, 0.6) is 0 Å². The number of aliphatic hydroxyl groups is 1. The molecule has 0 radical (unpaired) electrons. The second-order valence-corrected chi connectivity index (χ2v) is 4.69. The van der Waals surface area contributed by atoms with E-state index in [0.717, 1.165) is 19.4 Å². The Morgan fingerprint density at radius 3 is 3.05 bits per heavy atom. The SMILES string of the molecule is O=C(O)c1c(N2CCCC2CO)nc2ccccn12. The summed E-state index contributed by atoms with van der Waals surface area (Å²) in [4.78, 5) is 17.8. The number of fused-ring (bicyclic) bond motifs is 1. The minimum Gasteiger partial charge on any atom is -0.476 e. The number of aliphatic hydroxyl groups excluding tert-OH is 1. The third kappa shape index (κ3) is 1.84. The van der Waals surface area contributed by atoms with Crippen LogP contribution in [-0.4, -0.2) is 44.8 Å². The summed E-state index contributed by atoms with van der Waals surface area (Å²) in [7, 11) is 0. The first-order valence-corrected chi connectivity index (χ1v) is 6.30. The van der Waals surface area contributed by atoms with Gasteiger partial charge in [-0.1, -0.05) is 6.07 Å². The molecule has 0 aromatic carbocycles. The largest absolute Gasteiger partial charge is 0.476 e. The number of nitrogens with zero attached hydrogens (tertiary/aromatic N) is 3. The van der Waals surface area contributed by atoms with Crippen molar-refractivity contribution >= 4 is 17.4 Å². The molecule has 6 heteroatoms. The van der Waals surface area contributed by atoms with Crippen LogP contribution in [0.1, 0.15) is 23.3 Å². The molecule has 1 atom stereocenters. The topological polar surface area (TPSA) is 78.1 Å². The van der Waals surface area contributed by atoms with Crippen LogP contribution in [0.3, 0.4) is 0 Å². The predicted molar refractivity (Wildman–Crippen MR) is 69.6 cm³/mol. The van der Waals surface area contributed by atoms with E-state index in [4.69, 9.17) is 0 Å². The number of anilines is 1. The van der Waals surface area contributed by atoms with Crippen molar-refractivity contribution in [2.24, 2.45) is 0 Å². The molecule has 6 nitrogen and oxygen atoms in total. The van der Waals surface area contributed by atoms with Crippen LogP contribution in [0.15, 0.2) is 24.4 Å². The molecular weight excluding hydrogens is 246 g/mol. The van der Waals surface area contributed by atoms with E-state index in [-0.39, 0.29) is 18.3 Å². The van der Waals surface area contributed by atoms with Gasteiger partial charge in [-0.2, -0.15) is 0 Å². The summed E-state index contributed by atoms with van der Waals surface area (Å²) >= 11 is 0. The van der Waals surface area contributed by atoms with Crippen LogP contribution >= 0.6 is 0 Å². The Kier molecular flexibility index (Phi) is 2.87. The number of aromatic nitrogens is 2. The first-order valence-electron chi connectivity index (χ1n) is 6.30. The molecule has 1 saturated heterocycles. The Balaban J connectivity index is 2.17. The van der Waals surface area contributed by atoms with Crippen molar-refractivity contribution in [1.29, 1.82) is 0 Å². The van der Waals surface area contributed by atoms with Gasteiger partial charge in [-0.3, -0.25) is 4.40 Å². The zero-order valence-electron chi connectivity index (χ0n) is 10.4. The first kappa shape index (κ1) is 12.0. The minimum atomic E-state index is -1.00. The maximum absolute atomic E-state index is 11.5. The van der Waals surface area contributed by atoms with E-state index in [9.17, 15) is 15.0 Å². The smallest absolute Gasteiger partial charge is 0.356 e. The Morgan fingerprint density at radius 1 is 1.47 bits per heavy atom. The van der Waals surface area contributed by atoms with Crippen molar-refractivity contribution in [2.75, 3.05) is 18.1 Å². The summed E-state index contributed by atoms with van der Waals surface area (Å²) in [6, 6.07) is 5.34. The van der Waals surface area contributed by atoms with Crippen LogP contribution in [0.4, 0.5) is 5.82 Å². The van der Waals surface area contributed by atoms with E-state index in [1.165, 1.54) is 0 Å². The number of aromatic carboxylic acids is 1. The normalized spacial score (nSPS) is 19.2. The second kappa shape index (κ2) is 4.55. The third-order valence-electron chi connectivity index (χ3n) is 3.57. The van der Waals surface area contributed by atoms with Crippen molar-refractivity contribution in [2.45, 2.75) is 18.9 Å². The van der Waals surface area contributed by atoms with Gasteiger partial charge in [0.15, 0.2) is 11.5 Å². The molecule has 0 spiro atoms. The Bertz CT molecular complexity index is 623. The number of carboxylic acid groups (broad SMARTS) is 1. The molecule has 2 N–H and O–H groups in total. The highest BCUT2D eigenvalue weighted by Gasteiger charge is 2.30. The number of carbonyl (C=O) groups is 1. The molecule has 19 heavy (non-hydrogen) atoms. The molecule has 1 aliphatic rings. The minimum absolute atomic E-state index is 0.0208. The molecule has 0 saturated carbocycles. The zero-order valence-corrected chi connectivity index (χ0v) is 10.4. The molecule has 1 unspecified atom stereocenters. The fourth-order valence-corrected chi connectivity index (χ4v) is 2.69. The van der Waals surface area contributed by atoms with Gasteiger partial charge in [0.2, 0.25) is 0 Å². The quantitative estimate of drug-likeness (QED) is 0.861. The second-order valence-electron chi connectivity index (χ2n) is 4.69. The average molecular weight is 261 g/mol. The fourth-order valence-electron chi connectivity index (χ4n) is 2.69. The van der Waals surface area contributed by atoms with Gasteiger partial charge in [-0.25, -0.2) is 9.78 Å².